The van der Waals surface area contributed by atoms with Crippen LogP contribution in [0.5, 0.6) is 0 Å². The third-order valence-electron chi connectivity index (χ3n) is 2.20. The summed E-state index contributed by atoms with van der Waals surface area (Å²) in [7, 11) is -4.12. The van der Waals surface area contributed by atoms with Crippen molar-refractivity contribution < 1.29 is 13.3 Å². The lowest BCUT2D eigenvalue weighted by molar-refractivity contribution is -0.392. The molecule has 0 aliphatic rings. The number of hydrogen-bond acceptors (Lipinski definition) is 5. The van der Waals surface area contributed by atoms with Crippen LogP contribution < -0.4 is 5.14 Å². The zero-order valence-electron chi connectivity index (χ0n) is 8.82. The van der Waals surface area contributed by atoms with Crippen LogP contribution in [0.3, 0.4) is 0 Å². The summed E-state index contributed by atoms with van der Waals surface area (Å²) in [6, 6.07) is -0.130. The lowest BCUT2D eigenvalue weighted by Gasteiger charge is -2.02. The molecule has 1 heterocycles. The highest BCUT2D eigenvalue weighted by atomic mass is 32.2. The standard InChI is InChI=1S/C7H12N4O4S/c1-3-5(2)10-4-6(16(8,14)15)7(9-10)11(12)13/h4-5H,3H2,1-2H3,(H2,8,14,15). The maximum absolute atomic E-state index is 11.1. The first kappa shape index (κ1) is 12.6. The highest BCUT2D eigenvalue weighted by Crippen LogP contribution is 2.22. The van der Waals surface area contributed by atoms with Gasteiger partial charge in [-0.3, -0.25) is 0 Å². The average molecular weight is 248 g/mol. The molecule has 8 nitrogen and oxygen atoms in total. The van der Waals surface area contributed by atoms with Crippen LogP contribution in [0.1, 0.15) is 26.3 Å². The SMILES string of the molecule is CCC(C)n1cc(S(N)(=O)=O)c([N+](=O)[O-])n1. The van der Waals surface area contributed by atoms with Crippen molar-refractivity contribution in [2.45, 2.75) is 31.2 Å². The molecule has 0 radical (unpaired) electrons. The molecule has 1 atom stereocenters. The summed E-state index contributed by atoms with van der Waals surface area (Å²) in [5.41, 5.74) is 0. The summed E-state index contributed by atoms with van der Waals surface area (Å²) in [4.78, 5) is 9.18. The van der Waals surface area contributed by atoms with Crippen molar-refractivity contribution in [1.82, 2.24) is 9.78 Å². The number of sulfonamides is 1. The molecule has 0 spiro atoms. The average Bonchev–Trinajstić information content (AvgIpc) is 2.60. The molecule has 1 rings (SSSR count). The van der Waals surface area contributed by atoms with E-state index in [1.54, 1.807) is 6.92 Å². The summed E-state index contributed by atoms with van der Waals surface area (Å²) in [5, 5.41) is 19.1. The van der Waals surface area contributed by atoms with Crippen LogP contribution in [-0.2, 0) is 10.0 Å². The van der Waals surface area contributed by atoms with Gasteiger partial charge in [0.1, 0.15) is 0 Å². The maximum Gasteiger partial charge on any atom is 0.410 e. The monoisotopic (exact) mass is 248 g/mol. The first-order valence-corrected chi connectivity index (χ1v) is 6.08. The van der Waals surface area contributed by atoms with E-state index in [4.69, 9.17) is 5.14 Å². The highest BCUT2D eigenvalue weighted by Gasteiger charge is 2.29. The van der Waals surface area contributed by atoms with Crippen LogP contribution in [0.2, 0.25) is 0 Å². The highest BCUT2D eigenvalue weighted by molar-refractivity contribution is 7.89. The molecule has 0 amide bonds. The fourth-order valence-electron chi connectivity index (χ4n) is 1.11. The molecular weight excluding hydrogens is 236 g/mol. The van der Waals surface area contributed by atoms with Crippen molar-refractivity contribution in [2.24, 2.45) is 5.14 Å². The molecule has 16 heavy (non-hydrogen) atoms. The van der Waals surface area contributed by atoms with Gasteiger partial charge in [-0.05, 0) is 18.3 Å². The van der Waals surface area contributed by atoms with Crippen LogP contribution in [-0.4, -0.2) is 23.1 Å². The first-order chi connectivity index (χ1) is 7.27. The Bertz CT molecular complexity index is 506. The lowest BCUT2D eigenvalue weighted by atomic mass is 10.3. The van der Waals surface area contributed by atoms with E-state index in [-0.39, 0.29) is 6.04 Å². The van der Waals surface area contributed by atoms with Crippen LogP contribution in [0.15, 0.2) is 11.1 Å². The molecule has 0 aromatic carbocycles. The van der Waals surface area contributed by atoms with E-state index in [9.17, 15) is 18.5 Å². The fraction of sp³-hybridized carbons (Fsp3) is 0.571. The molecule has 1 aromatic rings. The van der Waals surface area contributed by atoms with Gasteiger partial charge in [0, 0.05) is 0 Å². The Morgan fingerprint density at radius 2 is 2.25 bits per heavy atom. The third kappa shape index (κ3) is 2.36. The van der Waals surface area contributed by atoms with Crippen LogP contribution >= 0.6 is 0 Å². The second kappa shape index (κ2) is 4.18. The zero-order chi connectivity index (χ0) is 12.5. The van der Waals surface area contributed by atoms with Crippen LogP contribution in [0, 0.1) is 10.1 Å². The van der Waals surface area contributed by atoms with E-state index >= 15 is 0 Å². The van der Waals surface area contributed by atoms with E-state index in [0.29, 0.717) is 6.42 Å². The Labute approximate surface area is 92.3 Å². The Hall–Kier alpha value is -1.48. The van der Waals surface area contributed by atoms with E-state index in [1.165, 1.54) is 4.68 Å². The van der Waals surface area contributed by atoms with E-state index in [1.807, 2.05) is 6.92 Å². The van der Waals surface area contributed by atoms with Gasteiger partial charge < -0.3 is 10.1 Å². The normalized spacial score (nSPS) is 13.7. The minimum absolute atomic E-state index is 0.130. The molecule has 0 saturated heterocycles. The van der Waals surface area contributed by atoms with Gasteiger partial charge >= 0.3 is 5.82 Å². The summed E-state index contributed by atoms with van der Waals surface area (Å²) < 4.78 is 23.4. The summed E-state index contributed by atoms with van der Waals surface area (Å²) in [6.07, 6.45) is 1.75. The van der Waals surface area contributed by atoms with Crippen molar-refractivity contribution in [3.63, 3.8) is 0 Å². The Balaban J connectivity index is 3.38. The molecule has 0 aliphatic carbocycles. The van der Waals surface area contributed by atoms with Crippen molar-refractivity contribution >= 4 is 15.8 Å². The minimum atomic E-state index is -4.12. The molecule has 0 aliphatic heterocycles. The second-order valence-corrected chi connectivity index (χ2v) is 4.89. The van der Waals surface area contributed by atoms with Gasteiger partial charge in [0.05, 0.1) is 17.3 Å². The van der Waals surface area contributed by atoms with Crippen molar-refractivity contribution in [3.05, 3.63) is 16.3 Å². The largest absolute Gasteiger partial charge is 0.410 e. The Morgan fingerprint density at radius 3 is 2.56 bits per heavy atom. The van der Waals surface area contributed by atoms with Gasteiger partial charge in [-0.2, -0.15) is 4.68 Å². The molecule has 9 heteroatoms. The summed E-state index contributed by atoms with van der Waals surface area (Å²) >= 11 is 0. The van der Waals surface area contributed by atoms with Gasteiger partial charge in [-0.25, -0.2) is 13.6 Å². The van der Waals surface area contributed by atoms with Gasteiger partial charge in [0.15, 0.2) is 0 Å². The smallest absolute Gasteiger partial charge is 0.358 e. The topological polar surface area (TPSA) is 121 Å². The molecule has 0 fully saturated rings. The van der Waals surface area contributed by atoms with Crippen molar-refractivity contribution in [2.75, 3.05) is 0 Å². The quantitative estimate of drug-likeness (QED) is 0.610. The molecule has 0 saturated carbocycles. The van der Waals surface area contributed by atoms with Crippen molar-refractivity contribution in [3.8, 4) is 0 Å². The van der Waals surface area contributed by atoms with Gasteiger partial charge in [-0.1, -0.05) is 6.92 Å². The minimum Gasteiger partial charge on any atom is -0.358 e. The first-order valence-electron chi connectivity index (χ1n) is 4.53. The maximum atomic E-state index is 11.1. The number of hydrogen-bond donors (Lipinski definition) is 1. The Morgan fingerprint density at radius 1 is 1.69 bits per heavy atom. The van der Waals surface area contributed by atoms with Crippen LogP contribution in [0.4, 0.5) is 5.82 Å². The Kier molecular flexibility index (Phi) is 3.29. The number of nitrogens with two attached hydrogens (primary N) is 1. The summed E-state index contributed by atoms with van der Waals surface area (Å²) in [5.74, 6) is -0.734. The van der Waals surface area contributed by atoms with E-state index in [0.717, 1.165) is 6.20 Å². The zero-order valence-corrected chi connectivity index (χ0v) is 9.64. The molecule has 1 unspecified atom stereocenters. The number of aromatic nitrogens is 2. The van der Waals surface area contributed by atoms with E-state index < -0.39 is 25.7 Å². The number of nitro groups is 1. The predicted octanol–water partition coefficient (Wildman–Crippen LogP) is 0.410. The summed E-state index contributed by atoms with van der Waals surface area (Å²) in [6.45, 7) is 3.62. The molecule has 0 bridgehead atoms. The fourth-order valence-corrected chi connectivity index (χ4v) is 1.73. The van der Waals surface area contributed by atoms with Gasteiger partial charge in [-0.15, -0.1) is 0 Å². The van der Waals surface area contributed by atoms with E-state index in [2.05, 4.69) is 5.10 Å². The lowest BCUT2D eigenvalue weighted by Crippen LogP contribution is -2.13. The van der Waals surface area contributed by atoms with Crippen LogP contribution in [0.25, 0.3) is 0 Å². The number of nitrogens with zero attached hydrogens (tertiary/aromatic N) is 3. The second-order valence-electron chi connectivity index (χ2n) is 3.36. The molecule has 90 valence electrons. The molecule has 2 N–H and O–H groups in total. The van der Waals surface area contributed by atoms with Gasteiger partial charge in [0.2, 0.25) is 14.9 Å². The number of primary sulfonamides is 1. The van der Waals surface area contributed by atoms with Crippen molar-refractivity contribution in [1.29, 1.82) is 0 Å². The predicted molar refractivity (Wildman–Crippen MR) is 55.3 cm³/mol. The molecule has 1 aromatic heterocycles. The van der Waals surface area contributed by atoms with Gasteiger partial charge in [0.25, 0.3) is 0 Å². The third-order valence-corrected chi connectivity index (χ3v) is 3.10. The molecular formula is C7H12N4O4S. The number of rotatable bonds is 4.